The standard InChI is InChI=1S/C14H20O3/c1-16-8-7-13(15)4-2-11-3-5-14-12(10-11)6-9-17-14/h3,5,10,13,15H,2,4,6-9H2,1H3. The summed E-state index contributed by atoms with van der Waals surface area (Å²) in [6.07, 6.45) is 3.17. The van der Waals surface area contributed by atoms with Gasteiger partial charge in [0, 0.05) is 20.1 Å². The van der Waals surface area contributed by atoms with Gasteiger partial charge in [-0.15, -0.1) is 0 Å². The molecule has 0 amide bonds. The third kappa shape index (κ3) is 3.45. The first-order valence-electron chi connectivity index (χ1n) is 6.21. The quantitative estimate of drug-likeness (QED) is 0.820. The minimum atomic E-state index is -0.264. The fourth-order valence-corrected chi connectivity index (χ4v) is 2.13. The third-order valence-corrected chi connectivity index (χ3v) is 3.18. The Labute approximate surface area is 102 Å². The van der Waals surface area contributed by atoms with Gasteiger partial charge in [0.1, 0.15) is 5.75 Å². The van der Waals surface area contributed by atoms with E-state index < -0.39 is 0 Å². The van der Waals surface area contributed by atoms with Gasteiger partial charge < -0.3 is 14.6 Å². The molecule has 3 nitrogen and oxygen atoms in total. The van der Waals surface area contributed by atoms with Crippen molar-refractivity contribution in [3.05, 3.63) is 29.3 Å². The highest BCUT2D eigenvalue weighted by molar-refractivity contribution is 5.39. The maximum absolute atomic E-state index is 9.73. The summed E-state index contributed by atoms with van der Waals surface area (Å²) in [5.74, 6) is 1.02. The zero-order valence-corrected chi connectivity index (χ0v) is 10.3. The molecular formula is C14H20O3. The first-order valence-corrected chi connectivity index (χ1v) is 6.21. The molecule has 1 aliphatic rings. The zero-order valence-electron chi connectivity index (χ0n) is 10.3. The molecule has 1 aromatic rings. The van der Waals surface area contributed by atoms with E-state index in [1.165, 1.54) is 11.1 Å². The first kappa shape index (κ1) is 12.4. The van der Waals surface area contributed by atoms with Gasteiger partial charge in [-0.3, -0.25) is 0 Å². The molecule has 94 valence electrons. The van der Waals surface area contributed by atoms with E-state index in [0.717, 1.165) is 31.6 Å². The molecule has 17 heavy (non-hydrogen) atoms. The molecule has 0 fully saturated rings. The van der Waals surface area contributed by atoms with Crippen molar-refractivity contribution < 1.29 is 14.6 Å². The molecule has 1 atom stereocenters. The van der Waals surface area contributed by atoms with E-state index in [4.69, 9.17) is 9.47 Å². The van der Waals surface area contributed by atoms with E-state index in [-0.39, 0.29) is 6.10 Å². The number of methoxy groups -OCH3 is 1. The molecule has 1 N–H and O–H groups in total. The van der Waals surface area contributed by atoms with E-state index in [0.29, 0.717) is 13.0 Å². The Morgan fingerprint density at radius 3 is 3.12 bits per heavy atom. The van der Waals surface area contributed by atoms with Crippen LogP contribution in [0.1, 0.15) is 24.0 Å². The lowest BCUT2D eigenvalue weighted by atomic mass is 10.0. The zero-order chi connectivity index (χ0) is 12.1. The van der Waals surface area contributed by atoms with E-state index in [9.17, 15) is 5.11 Å². The summed E-state index contributed by atoms with van der Waals surface area (Å²) in [4.78, 5) is 0. The summed E-state index contributed by atoms with van der Waals surface area (Å²) in [5, 5.41) is 9.73. The van der Waals surface area contributed by atoms with Crippen molar-refractivity contribution in [2.24, 2.45) is 0 Å². The topological polar surface area (TPSA) is 38.7 Å². The van der Waals surface area contributed by atoms with Crippen LogP contribution in [0.2, 0.25) is 0 Å². The monoisotopic (exact) mass is 236 g/mol. The van der Waals surface area contributed by atoms with Crippen LogP contribution < -0.4 is 4.74 Å². The average Bonchev–Trinajstić information content (AvgIpc) is 2.81. The van der Waals surface area contributed by atoms with Crippen molar-refractivity contribution in [1.29, 1.82) is 0 Å². The van der Waals surface area contributed by atoms with Crippen molar-refractivity contribution in [1.82, 2.24) is 0 Å². The number of rotatable bonds is 6. The van der Waals surface area contributed by atoms with E-state index in [1.54, 1.807) is 7.11 Å². The maximum Gasteiger partial charge on any atom is 0.122 e. The number of fused-ring (bicyclic) bond motifs is 1. The normalized spacial score (nSPS) is 15.4. The van der Waals surface area contributed by atoms with Gasteiger partial charge in [0.05, 0.1) is 12.7 Å². The van der Waals surface area contributed by atoms with Crippen LogP contribution >= 0.6 is 0 Å². The molecule has 1 aliphatic heterocycles. The lowest BCUT2D eigenvalue weighted by molar-refractivity contribution is 0.104. The summed E-state index contributed by atoms with van der Waals surface area (Å²) in [7, 11) is 1.66. The van der Waals surface area contributed by atoms with Crippen LogP contribution in [-0.4, -0.2) is 31.5 Å². The van der Waals surface area contributed by atoms with E-state index >= 15 is 0 Å². The number of aliphatic hydroxyl groups is 1. The molecule has 0 saturated heterocycles. The maximum atomic E-state index is 9.73. The van der Waals surface area contributed by atoms with Crippen LogP contribution in [0.25, 0.3) is 0 Å². The van der Waals surface area contributed by atoms with Gasteiger partial charge in [-0.1, -0.05) is 12.1 Å². The number of aliphatic hydroxyl groups excluding tert-OH is 1. The Morgan fingerprint density at radius 2 is 2.29 bits per heavy atom. The molecule has 0 aromatic heterocycles. The molecule has 2 rings (SSSR count). The number of ether oxygens (including phenoxy) is 2. The minimum Gasteiger partial charge on any atom is -0.493 e. The van der Waals surface area contributed by atoms with Crippen molar-refractivity contribution in [2.45, 2.75) is 31.8 Å². The first-order chi connectivity index (χ1) is 8.29. The smallest absolute Gasteiger partial charge is 0.122 e. The molecule has 3 heteroatoms. The Morgan fingerprint density at radius 1 is 1.41 bits per heavy atom. The second-order valence-corrected chi connectivity index (χ2v) is 4.51. The molecular weight excluding hydrogens is 216 g/mol. The van der Waals surface area contributed by atoms with E-state index in [1.807, 2.05) is 6.07 Å². The Balaban J connectivity index is 1.83. The van der Waals surface area contributed by atoms with Gasteiger partial charge in [0.15, 0.2) is 0 Å². The Hall–Kier alpha value is -1.06. The minimum absolute atomic E-state index is 0.264. The molecule has 0 radical (unpaired) electrons. The summed E-state index contributed by atoms with van der Waals surface area (Å²) >= 11 is 0. The summed E-state index contributed by atoms with van der Waals surface area (Å²) in [5.41, 5.74) is 2.58. The number of aryl methyl sites for hydroxylation is 1. The van der Waals surface area contributed by atoms with Crippen LogP contribution in [0.3, 0.4) is 0 Å². The van der Waals surface area contributed by atoms with Gasteiger partial charge in [0.25, 0.3) is 0 Å². The Kier molecular flexibility index (Phi) is 4.40. The fourth-order valence-electron chi connectivity index (χ4n) is 2.13. The highest BCUT2D eigenvalue weighted by Gasteiger charge is 2.12. The molecule has 1 unspecified atom stereocenters. The molecule has 0 bridgehead atoms. The third-order valence-electron chi connectivity index (χ3n) is 3.18. The van der Waals surface area contributed by atoms with Crippen LogP contribution in [0.5, 0.6) is 5.75 Å². The van der Waals surface area contributed by atoms with Crippen LogP contribution in [0.4, 0.5) is 0 Å². The van der Waals surface area contributed by atoms with Crippen LogP contribution in [0.15, 0.2) is 18.2 Å². The van der Waals surface area contributed by atoms with Gasteiger partial charge in [-0.05, 0) is 36.5 Å². The molecule has 0 saturated carbocycles. The lowest BCUT2D eigenvalue weighted by Crippen LogP contribution is -2.10. The predicted octanol–water partition coefficient (Wildman–Crippen LogP) is 1.95. The number of hydrogen-bond acceptors (Lipinski definition) is 3. The summed E-state index contributed by atoms with van der Waals surface area (Å²) < 4.78 is 10.4. The molecule has 1 heterocycles. The SMILES string of the molecule is COCCC(O)CCc1ccc2c(c1)CCO2. The summed E-state index contributed by atoms with van der Waals surface area (Å²) in [6, 6.07) is 6.33. The van der Waals surface area contributed by atoms with Gasteiger partial charge >= 0.3 is 0 Å². The van der Waals surface area contributed by atoms with Crippen molar-refractivity contribution >= 4 is 0 Å². The van der Waals surface area contributed by atoms with Crippen molar-refractivity contribution in [3.8, 4) is 5.75 Å². The molecule has 0 aliphatic carbocycles. The average molecular weight is 236 g/mol. The highest BCUT2D eigenvalue weighted by Crippen LogP contribution is 2.26. The largest absolute Gasteiger partial charge is 0.493 e. The second-order valence-electron chi connectivity index (χ2n) is 4.51. The van der Waals surface area contributed by atoms with Gasteiger partial charge in [-0.25, -0.2) is 0 Å². The highest BCUT2D eigenvalue weighted by atomic mass is 16.5. The number of hydrogen-bond donors (Lipinski definition) is 1. The van der Waals surface area contributed by atoms with Gasteiger partial charge in [0.2, 0.25) is 0 Å². The Bertz CT molecular complexity index is 362. The van der Waals surface area contributed by atoms with Crippen molar-refractivity contribution in [3.63, 3.8) is 0 Å². The second kappa shape index (κ2) is 6.03. The van der Waals surface area contributed by atoms with Crippen molar-refractivity contribution in [2.75, 3.05) is 20.3 Å². The van der Waals surface area contributed by atoms with E-state index in [2.05, 4.69) is 12.1 Å². The van der Waals surface area contributed by atoms with Gasteiger partial charge in [-0.2, -0.15) is 0 Å². The number of benzene rings is 1. The molecule has 1 aromatic carbocycles. The van der Waals surface area contributed by atoms with Crippen LogP contribution in [0, 0.1) is 0 Å². The molecule has 0 spiro atoms. The lowest BCUT2D eigenvalue weighted by Gasteiger charge is -2.10. The fraction of sp³-hybridized carbons (Fsp3) is 0.571. The predicted molar refractivity (Wildman–Crippen MR) is 66.5 cm³/mol. The summed E-state index contributed by atoms with van der Waals surface area (Å²) in [6.45, 7) is 1.43. The van der Waals surface area contributed by atoms with Crippen LogP contribution in [-0.2, 0) is 17.6 Å².